The van der Waals surface area contributed by atoms with Gasteiger partial charge in [0.2, 0.25) is 0 Å². The van der Waals surface area contributed by atoms with Crippen molar-refractivity contribution in [2.45, 2.75) is 25.6 Å². The topological polar surface area (TPSA) is 69.4 Å². The van der Waals surface area contributed by atoms with Gasteiger partial charge in [-0.05, 0) is 24.1 Å². The Morgan fingerprint density at radius 2 is 1.90 bits per heavy atom. The second-order valence-electron chi connectivity index (χ2n) is 4.06. The Morgan fingerprint density at radius 1 is 1.33 bits per heavy atom. The van der Waals surface area contributed by atoms with Gasteiger partial charge in [-0.2, -0.15) is 13.2 Å². The van der Waals surface area contributed by atoms with E-state index in [-0.39, 0.29) is 22.2 Å². The number of nitrogens with two attached hydrogens (primary N) is 1. The minimum atomic E-state index is -5.25. The molecule has 0 amide bonds. The van der Waals surface area contributed by atoms with Gasteiger partial charge in [-0.15, -0.1) is 0 Å². The lowest BCUT2D eigenvalue weighted by Crippen LogP contribution is -2.30. The van der Waals surface area contributed by atoms with Gasteiger partial charge in [0.05, 0.1) is 16.0 Å². The Hall–Kier alpha value is -1.31. The van der Waals surface area contributed by atoms with E-state index in [1.807, 2.05) is 0 Å². The van der Waals surface area contributed by atoms with Crippen LogP contribution in [0.5, 0.6) is 0 Å². The molecule has 0 heterocycles. The molecule has 1 rings (SSSR count). The number of alkyl halides is 3. The summed E-state index contributed by atoms with van der Waals surface area (Å²) >= 11 is 11.7. The lowest BCUT2D eigenvalue weighted by molar-refractivity contribution is -0.202. The van der Waals surface area contributed by atoms with E-state index in [9.17, 15) is 22.8 Å². The maximum absolute atomic E-state index is 12.1. The second-order valence-corrected chi connectivity index (χ2v) is 4.85. The molecule has 0 aliphatic carbocycles. The second kappa shape index (κ2) is 6.64. The molecule has 1 aromatic rings. The van der Waals surface area contributed by atoms with Crippen LogP contribution in [0, 0.1) is 0 Å². The zero-order valence-electron chi connectivity index (χ0n) is 10.6. The van der Waals surface area contributed by atoms with Crippen molar-refractivity contribution in [2.24, 2.45) is 5.73 Å². The van der Waals surface area contributed by atoms with E-state index in [1.54, 1.807) is 0 Å². The number of esters is 2. The Bertz CT molecular complexity index is 576. The molecule has 0 spiro atoms. The van der Waals surface area contributed by atoms with Gasteiger partial charge in [-0.1, -0.05) is 29.3 Å². The van der Waals surface area contributed by atoms with Crippen LogP contribution in [0.15, 0.2) is 12.1 Å². The van der Waals surface area contributed by atoms with Crippen molar-refractivity contribution in [2.75, 3.05) is 0 Å². The van der Waals surface area contributed by atoms with E-state index < -0.39 is 24.0 Å². The third-order valence-corrected chi connectivity index (χ3v) is 3.52. The molecule has 0 saturated heterocycles. The molecule has 0 aliphatic heterocycles. The predicted molar refractivity (Wildman–Crippen MR) is 69.9 cm³/mol. The number of hydrogen-bond acceptors (Lipinski definition) is 4. The highest BCUT2D eigenvalue weighted by molar-refractivity contribution is 6.42. The van der Waals surface area contributed by atoms with E-state index in [4.69, 9.17) is 28.9 Å². The smallest absolute Gasteiger partial charge is 0.386 e. The summed E-state index contributed by atoms with van der Waals surface area (Å²) in [5, 5.41) is 0.284. The summed E-state index contributed by atoms with van der Waals surface area (Å²) in [7, 11) is 0. The van der Waals surface area contributed by atoms with E-state index >= 15 is 0 Å². The number of rotatable bonds is 3. The highest BCUT2D eigenvalue weighted by Gasteiger charge is 2.43. The van der Waals surface area contributed by atoms with Crippen LogP contribution in [-0.4, -0.2) is 18.1 Å². The molecule has 9 heteroatoms. The van der Waals surface area contributed by atoms with Crippen LogP contribution in [0.3, 0.4) is 0 Å². The SMILES string of the molecule is CC(C(=O)OC(=O)C(F)(F)F)c1ccc(Cl)c(Cl)c1CN. The van der Waals surface area contributed by atoms with Crippen molar-refractivity contribution in [3.05, 3.63) is 33.3 Å². The lowest BCUT2D eigenvalue weighted by atomic mass is 9.95. The van der Waals surface area contributed by atoms with Gasteiger partial charge in [0, 0.05) is 6.54 Å². The zero-order chi connectivity index (χ0) is 16.4. The summed E-state index contributed by atoms with van der Waals surface area (Å²) in [6, 6.07) is 2.76. The first kappa shape index (κ1) is 17.7. The third-order valence-electron chi connectivity index (χ3n) is 2.68. The number of halogens is 5. The van der Waals surface area contributed by atoms with Crippen LogP contribution in [0.1, 0.15) is 24.0 Å². The van der Waals surface area contributed by atoms with Crippen molar-refractivity contribution in [3.63, 3.8) is 0 Å². The summed E-state index contributed by atoms with van der Waals surface area (Å²) in [5.41, 5.74) is 6.03. The van der Waals surface area contributed by atoms with Crippen LogP contribution < -0.4 is 5.73 Å². The molecule has 1 aromatic carbocycles. The Morgan fingerprint density at radius 3 is 2.38 bits per heavy atom. The average Bonchev–Trinajstić information content (AvgIpc) is 2.39. The molecule has 4 nitrogen and oxygen atoms in total. The van der Waals surface area contributed by atoms with Crippen molar-refractivity contribution < 1.29 is 27.5 Å². The first-order chi connectivity index (χ1) is 9.59. The lowest BCUT2D eigenvalue weighted by Gasteiger charge is -2.16. The number of carbonyl (C=O) groups is 2. The van der Waals surface area contributed by atoms with Gasteiger partial charge in [-0.25, -0.2) is 4.79 Å². The van der Waals surface area contributed by atoms with Gasteiger partial charge < -0.3 is 10.5 Å². The summed E-state index contributed by atoms with van der Waals surface area (Å²) in [4.78, 5) is 22.3. The molecule has 0 aliphatic rings. The maximum Gasteiger partial charge on any atom is 0.491 e. The van der Waals surface area contributed by atoms with Crippen molar-refractivity contribution >= 4 is 35.1 Å². The molecular formula is C12H10Cl2F3NO3. The van der Waals surface area contributed by atoms with Crippen LogP contribution >= 0.6 is 23.2 Å². The van der Waals surface area contributed by atoms with Gasteiger partial charge in [0.25, 0.3) is 0 Å². The molecule has 1 atom stereocenters. The van der Waals surface area contributed by atoms with Crippen molar-refractivity contribution in [3.8, 4) is 0 Å². The maximum atomic E-state index is 12.1. The summed E-state index contributed by atoms with van der Waals surface area (Å²) < 4.78 is 39.9. The first-order valence-corrected chi connectivity index (χ1v) is 6.34. The largest absolute Gasteiger partial charge is 0.491 e. The van der Waals surface area contributed by atoms with Crippen LogP contribution in [0.4, 0.5) is 13.2 Å². The van der Waals surface area contributed by atoms with E-state index in [1.165, 1.54) is 19.1 Å². The standard InChI is InChI=1S/C12H10Cl2F3NO3/c1-5(10(19)21-11(20)12(15,16)17)6-2-3-8(13)9(14)7(6)4-18/h2-3,5H,4,18H2,1H3. The van der Waals surface area contributed by atoms with Crippen LogP contribution in [-0.2, 0) is 20.9 Å². The number of ether oxygens (including phenoxy) is 1. The molecule has 0 saturated carbocycles. The third kappa shape index (κ3) is 4.09. The predicted octanol–water partition coefficient (Wildman–Crippen LogP) is 3.19. The highest BCUT2D eigenvalue weighted by Crippen LogP contribution is 2.32. The van der Waals surface area contributed by atoms with E-state index in [2.05, 4.69) is 4.74 Å². The summed E-state index contributed by atoms with van der Waals surface area (Å²) in [5.74, 6) is -5.09. The molecule has 0 bridgehead atoms. The monoisotopic (exact) mass is 343 g/mol. The summed E-state index contributed by atoms with van der Waals surface area (Å²) in [6.45, 7) is 1.18. The van der Waals surface area contributed by atoms with Gasteiger partial charge >= 0.3 is 18.1 Å². The van der Waals surface area contributed by atoms with Crippen LogP contribution in [0.25, 0.3) is 0 Å². The van der Waals surface area contributed by atoms with Gasteiger partial charge in [-0.3, -0.25) is 4.79 Å². The molecule has 0 fully saturated rings. The Kier molecular flexibility index (Phi) is 5.61. The van der Waals surface area contributed by atoms with Gasteiger partial charge in [0.15, 0.2) is 0 Å². The highest BCUT2D eigenvalue weighted by atomic mass is 35.5. The molecule has 1 unspecified atom stereocenters. The average molecular weight is 344 g/mol. The molecule has 21 heavy (non-hydrogen) atoms. The van der Waals surface area contributed by atoms with Gasteiger partial charge in [0.1, 0.15) is 0 Å². The van der Waals surface area contributed by atoms with E-state index in [0.717, 1.165) is 0 Å². The first-order valence-electron chi connectivity index (χ1n) is 5.59. The molecule has 0 radical (unpaired) electrons. The Labute approximate surface area is 128 Å². The normalized spacial score (nSPS) is 12.9. The molecule has 116 valence electrons. The molecule has 2 N–H and O–H groups in total. The van der Waals surface area contributed by atoms with Crippen molar-refractivity contribution in [1.29, 1.82) is 0 Å². The fourth-order valence-corrected chi connectivity index (χ4v) is 2.01. The van der Waals surface area contributed by atoms with Crippen molar-refractivity contribution in [1.82, 2.24) is 0 Å². The van der Waals surface area contributed by atoms with Crippen LogP contribution in [0.2, 0.25) is 10.0 Å². The number of hydrogen-bond donors (Lipinski definition) is 1. The zero-order valence-corrected chi connectivity index (χ0v) is 12.1. The fraction of sp³-hybridized carbons (Fsp3) is 0.333. The minimum absolute atomic E-state index is 0.0838. The summed E-state index contributed by atoms with van der Waals surface area (Å²) in [6.07, 6.45) is -5.25. The number of benzene rings is 1. The Balaban J connectivity index is 3.04. The minimum Gasteiger partial charge on any atom is -0.386 e. The van der Waals surface area contributed by atoms with E-state index in [0.29, 0.717) is 5.56 Å². The number of carbonyl (C=O) groups excluding carboxylic acids is 2. The molecule has 0 aromatic heterocycles. The fourth-order valence-electron chi connectivity index (χ4n) is 1.59. The molecular weight excluding hydrogens is 334 g/mol. The quantitative estimate of drug-likeness (QED) is 0.675.